The lowest BCUT2D eigenvalue weighted by atomic mass is 10.0. The van der Waals surface area contributed by atoms with E-state index in [4.69, 9.17) is 55.9 Å². The highest BCUT2D eigenvalue weighted by atomic mass is 35.5. The summed E-state index contributed by atoms with van der Waals surface area (Å²) in [5.74, 6) is -3.24. The van der Waals surface area contributed by atoms with Gasteiger partial charge >= 0.3 is 5.97 Å². The molecule has 0 saturated heterocycles. The second kappa shape index (κ2) is 11.0. The molecule has 8 nitrogen and oxygen atoms in total. The van der Waals surface area contributed by atoms with Crippen LogP contribution in [0.3, 0.4) is 0 Å². The molecule has 0 spiro atoms. The largest absolute Gasteiger partial charge is 0.494 e. The zero-order valence-electron chi connectivity index (χ0n) is 18.8. The molecule has 0 saturated carbocycles. The van der Waals surface area contributed by atoms with Crippen LogP contribution in [0.5, 0.6) is 5.75 Å². The maximum atomic E-state index is 13.1. The molecule has 3 amide bonds. The van der Waals surface area contributed by atoms with Gasteiger partial charge in [-0.2, -0.15) is 0 Å². The molecule has 2 aromatic rings. The number of rotatable bonds is 8. The molecular weight excluding hydrogens is 542 g/mol. The number of imide groups is 1. The molecule has 1 N–H and O–H groups in total. The molecule has 12 heteroatoms. The fourth-order valence-corrected chi connectivity index (χ4v) is 4.53. The van der Waals surface area contributed by atoms with Gasteiger partial charge in [-0.05, 0) is 37.1 Å². The van der Waals surface area contributed by atoms with Crippen LogP contribution in [0.4, 0.5) is 5.69 Å². The third-order valence-electron chi connectivity index (χ3n) is 5.08. The Hall–Kier alpha value is -2.52. The summed E-state index contributed by atoms with van der Waals surface area (Å²) in [6.45, 7) is 4.93. The number of halogens is 4. The molecule has 1 aliphatic heterocycles. The summed E-state index contributed by atoms with van der Waals surface area (Å²) in [5.41, 5.74) is -0.0289. The average Bonchev–Trinajstić information content (AvgIpc) is 3.06. The van der Waals surface area contributed by atoms with E-state index in [9.17, 15) is 19.2 Å². The van der Waals surface area contributed by atoms with E-state index in [0.717, 1.165) is 0 Å². The highest BCUT2D eigenvalue weighted by molar-refractivity contribution is 6.55. The Morgan fingerprint density at radius 2 is 1.43 bits per heavy atom. The Balaban J connectivity index is 1.75. The van der Waals surface area contributed by atoms with Gasteiger partial charge in [0.2, 0.25) is 0 Å². The van der Waals surface area contributed by atoms with Crippen LogP contribution in [0.25, 0.3) is 0 Å². The monoisotopic (exact) mass is 560 g/mol. The predicted octanol–water partition coefficient (Wildman–Crippen LogP) is 5.50. The number of anilines is 1. The SMILES string of the molecule is CCOc1ccc(NC(=O)COC(=O)[C@H](C(C)C)N2C(=O)c3c(Cl)c(Cl)c(Cl)c(Cl)c3C2=O)cc1. The molecule has 2 aromatic carbocycles. The van der Waals surface area contributed by atoms with E-state index in [1.807, 2.05) is 6.92 Å². The van der Waals surface area contributed by atoms with Crippen LogP contribution in [-0.2, 0) is 14.3 Å². The number of hydrogen-bond acceptors (Lipinski definition) is 6. The maximum Gasteiger partial charge on any atom is 0.330 e. The molecule has 0 aromatic heterocycles. The summed E-state index contributed by atoms with van der Waals surface area (Å²) < 4.78 is 10.5. The van der Waals surface area contributed by atoms with Crippen molar-refractivity contribution in [2.45, 2.75) is 26.8 Å². The molecule has 0 bridgehead atoms. The van der Waals surface area contributed by atoms with Crippen molar-refractivity contribution in [3.05, 3.63) is 55.5 Å². The van der Waals surface area contributed by atoms with Gasteiger partial charge in [0.25, 0.3) is 17.7 Å². The first-order chi connectivity index (χ1) is 16.5. The number of benzene rings is 2. The summed E-state index contributed by atoms with van der Waals surface area (Å²) in [6, 6.07) is 5.26. The third kappa shape index (κ3) is 5.35. The van der Waals surface area contributed by atoms with Gasteiger partial charge in [-0.15, -0.1) is 0 Å². The highest BCUT2D eigenvalue weighted by Gasteiger charge is 2.48. The van der Waals surface area contributed by atoms with Crippen LogP contribution in [0.15, 0.2) is 24.3 Å². The quantitative estimate of drug-likeness (QED) is 0.197. The molecule has 0 aliphatic carbocycles. The molecule has 0 unspecified atom stereocenters. The lowest BCUT2D eigenvalue weighted by Crippen LogP contribution is -2.49. The van der Waals surface area contributed by atoms with E-state index in [2.05, 4.69) is 5.32 Å². The second-order valence-electron chi connectivity index (χ2n) is 7.79. The second-order valence-corrected chi connectivity index (χ2v) is 9.30. The van der Waals surface area contributed by atoms with E-state index < -0.39 is 42.3 Å². The van der Waals surface area contributed by atoms with Crippen molar-refractivity contribution >= 4 is 75.8 Å². The van der Waals surface area contributed by atoms with Gasteiger partial charge in [-0.3, -0.25) is 19.3 Å². The van der Waals surface area contributed by atoms with Crippen LogP contribution in [-0.4, -0.2) is 47.8 Å². The highest BCUT2D eigenvalue weighted by Crippen LogP contribution is 2.45. The van der Waals surface area contributed by atoms with Gasteiger partial charge in [0.1, 0.15) is 11.8 Å². The van der Waals surface area contributed by atoms with Gasteiger partial charge in [0.15, 0.2) is 6.61 Å². The summed E-state index contributed by atoms with van der Waals surface area (Å²) in [7, 11) is 0. The average molecular weight is 562 g/mol. The number of esters is 1. The van der Waals surface area contributed by atoms with Crippen LogP contribution >= 0.6 is 46.4 Å². The Bertz CT molecular complexity index is 1150. The summed E-state index contributed by atoms with van der Waals surface area (Å²) >= 11 is 24.4. The van der Waals surface area contributed by atoms with Crippen molar-refractivity contribution in [1.82, 2.24) is 4.90 Å². The van der Waals surface area contributed by atoms with E-state index in [1.54, 1.807) is 38.1 Å². The molecule has 1 heterocycles. The summed E-state index contributed by atoms with van der Waals surface area (Å²) in [5, 5.41) is 1.71. The van der Waals surface area contributed by atoms with E-state index in [0.29, 0.717) is 22.9 Å². The van der Waals surface area contributed by atoms with Gasteiger partial charge in [-0.25, -0.2) is 4.79 Å². The topological polar surface area (TPSA) is 102 Å². The maximum absolute atomic E-state index is 13.1. The standard InChI is InChI=1S/C23H20Cl4N2O6/c1-4-34-12-7-5-11(6-8-12)28-13(30)9-35-23(33)20(10(2)3)29-21(31)14-15(22(29)32)17(25)19(27)18(26)16(14)24/h5-8,10,20H,4,9H2,1-3H3,(H,28,30)/t20-/m0/s1. The van der Waals surface area contributed by atoms with E-state index in [1.165, 1.54) is 0 Å². The van der Waals surface area contributed by atoms with Crippen molar-refractivity contribution < 1.29 is 28.7 Å². The molecule has 3 rings (SSSR count). The molecule has 0 radical (unpaired) electrons. The van der Waals surface area contributed by atoms with Gasteiger partial charge in [0, 0.05) is 5.69 Å². The molecular formula is C23H20Cl4N2O6. The molecule has 186 valence electrons. The van der Waals surface area contributed by atoms with Crippen LogP contribution < -0.4 is 10.1 Å². The number of nitrogens with zero attached hydrogens (tertiary/aromatic N) is 1. The number of hydrogen-bond donors (Lipinski definition) is 1. The molecule has 0 fully saturated rings. The normalized spacial score (nSPS) is 13.7. The zero-order chi connectivity index (χ0) is 26.0. The van der Waals surface area contributed by atoms with E-state index in [-0.39, 0.29) is 31.2 Å². The van der Waals surface area contributed by atoms with Gasteiger partial charge in [-0.1, -0.05) is 60.3 Å². The fourth-order valence-electron chi connectivity index (χ4n) is 3.52. The fraction of sp³-hybridized carbons (Fsp3) is 0.304. The van der Waals surface area contributed by atoms with Crippen molar-refractivity contribution in [3.8, 4) is 5.75 Å². The first kappa shape index (κ1) is 27.1. The Morgan fingerprint density at radius 3 is 1.89 bits per heavy atom. The van der Waals surface area contributed by atoms with Crippen LogP contribution in [0.2, 0.25) is 20.1 Å². The zero-order valence-corrected chi connectivity index (χ0v) is 21.8. The minimum Gasteiger partial charge on any atom is -0.494 e. The predicted molar refractivity (Wildman–Crippen MR) is 133 cm³/mol. The minimum atomic E-state index is -1.36. The lowest BCUT2D eigenvalue weighted by Gasteiger charge is -2.27. The summed E-state index contributed by atoms with van der Waals surface area (Å²) in [6.07, 6.45) is 0. The minimum absolute atomic E-state index is 0.185. The Labute approximate surface area is 221 Å². The van der Waals surface area contributed by atoms with Gasteiger partial charge < -0.3 is 14.8 Å². The number of nitrogens with one attached hydrogen (secondary N) is 1. The molecule has 1 aliphatic rings. The lowest BCUT2D eigenvalue weighted by molar-refractivity contribution is -0.152. The van der Waals surface area contributed by atoms with Crippen LogP contribution in [0, 0.1) is 5.92 Å². The third-order valence-corrected chi connectivity index (χ3v) is 6.88. The van der Waals surface area contributed by atoms with E-state index >= 15 is 0 Å². The molecule has 35 heavy (non-hydrogen) atoms. The Kier molecular flexibility index (Phi) is 8.54. The van der Waals surface area contributed by atoms with Crippen molar-refractivity contribution in [2.75, 3.05) is 18.5 Å². The van der Waals surface area contributed by atoms with Gasteiger partial charge in [0.05, 0.1) is 37.8 Å². The van der Waals surface area contributed by atoms with Crippen molar-refractivity contribution in [2.24, 2.45) is 5.92 Å². The van der Waals surface area contributed by atoms with Crippen molar-refractivity contribution in [1.29, 1.82) is 0 Å². The van der Waals surface area contributed by atoms with Crippen LogP contribution in [0.1, 0.15) is 41.5 Å². The number of fused-ring (bicyclic) bond motifs is 1. The Morgan fingerprint density at radius 1 is 0.914 bits per heavy atom. The number of amides is 3. The first-order valence-electron chi connectivity index (χ1n) is 10.4. The van der Waals surface area contributed by atoms with Crippen molar-refractivity contribution in [3.63, 3.8) is 0 Å². The number of ether oxygens (including phenoxy) is 2. The smallest absolute Gasteiger partial charge is 0.330 e. The summed E-state index contributed by atoms with van der Waals surface area (Å²) in [4.78, 5) is 52.1. The number of carbonyl (C=O) groups excluding carboxylic acids is 4. The first-order valence-corrected chi connectivity index (χ1v) is 11.9. The molecule has 1 atom stereocenters. The number of carbonyl (C=O) groups is 4.